The van der Waals surface area contributed by atoms with Gasteiger partial charge >= 0.3 is 0 Å². The van der Waals surface area contributed by atoms with Crippen LogP contribution < -0.4 is 5.32 Å². The first-order chi connectivity index (χ1) is 10.8. The highest BCUT2D eigenvalue weighted by Crippen LogP contribution is 2.15. The second kappa shape index (κ2) is 6.50. The van der Waals surface area contributed by atoms with Gasteiger partial charge in [-0.15, -0.1) is 10.2 Å². The van der Waals surface area contributed by atoms with Crippen LogP contribution in [0.2, 0.25) is 0 Å². The molecule has 0 bridgehead atoms. The minimum atomic E-state index is 0.492. The lowest BCUT2D eigenvalue weighted by Crippen LogP contribution is -2.12. The third-order valence-electron chi connectivity index (χ3n) is 3.76. The third-order valence-corrected chi connectivity index (χ3v) is 3.76. The molecule has 0 fully saturated rings. The van der Waals surface area contributed by atoms with Crippen molar-refractivity contribution in [3.05, 3.63) is 24.8 Å². The van der Waals surface area contributed by atoms with E-state index in [1.54, 1.807) is 12.5 Å². The number of nitrogens with one attached hydrogen (secondary N) is 1. The van der Waals surface area contributed by atoms with Gasteiger partial charge in [-0.25, -0.2) is 9.97 Å². The normalized spacial score (nSPS) is 12.6. The molecule has 3 aromatic rings. The Balaban J connectivity index is 1.54. The lowest BCUT2D eigenvalue weighted by atomic mass is 9.98. The Hall–Kier alpha value is -2.51. The average Bonchev–Trinajstić information content (AvgIpc) is 3.16. The number of hydrogen-bond acceptors (Lipinski definition) is 7. The summed E-state index contributed by atoms with van der Waals surface area (Å²) in [6.45, 7) is 2.96. The van der Waals surface area contributed by atoms with Gasteiger partial charge in [-0.05, 0) is 12.3 Å². The third kappa shape index (κ3) is 3.21. The van der Waals surface area contributed by atoms with Gasteiger partial charge in [0, 0.05) is 20.0 Å². The van der Waals surface area contributed by atoms with Crippen LogP contribution >= 0.6 is 0 Å². The first-order valence-electron chi connectivity index (χ1n) is 7.39. The predicted octanol–water partition coefficient (Wildman–Crippen LogP) is 1.82. The zero-order valence-electron chi connectivity index (χ0n) is 12.7. The van der Waals surface area contributed by atoms with E-state index in [-0.39, 0.29) is 0 Å². The van der Waals surface area contributed by atoms with Crippen molar-refractivity contribution in [3.8, 4) is 0 Å². The quantitative estimate of drug-likeness (QED) is 0.711. The largest absolute Gasteiger partial charge is 0.428 e. The SMILES string of the molecule is CCC(CCNc1ncc2c(ncn2C)n1)Cc1nnco1. The van der Waals surface area contributed by atoms with E-state index in [0.717, 1.165) is 31.3 Å². The Morgan fingerprint density at radius 3 is 3.05 bits per heavy atom. The van der Waals surface area contributed by atoms with E-state index in [2.05, 4.69) is 37.4 Å². The first-order valence-corrected chi connectivity index (χ1v) is 7.39. The second-order valence-electron chi connectivity index (χ2n) is 5.28. The van der Waals surface area contributed by atoms with Gasteiger partial charge in [0.25, 0.3) is 0 Å². The van der Waals surface area contributed by atoms with Crippen LogP contribution in [0.3, 0.4) is 0 Å². The molecular formula is C14H19N7O. The summed E-state index contributed by atoms with van der Waals surface area (Å²) < 4.78 is 7.10. The molecule has 3 rings (SSSR count). The number of aryl methyl sites for hydroxylation is 1. The monoisotopic (exact) mass is 301 g/mol. The first kappa shape index (κ1) is 14.4. The Bertz CT molecular complexity index is 722. The maximum atomic E-state index is 5.20. The Morgan fingerprint density at radius 2 is 2.27 bits per heavy atom. The standard InChI is InChI=1S/C14H19N7O/c1-3-10(6-12-20-18-9-22-12)4-5-15-14-16-7-11-13(19-14)17-8-21(11)2/h7-10H,3-6H2,1-2H3,(H,15,16,19). The van der Waals surface area contributed by atoms with Crippen LogP contribution in [0.5, 0.6) is 0 Å². The Labute approximate surface area is 128 Å². The van der Waals surface area contributed by atoms with E-state index in [0.29, 0.717) is 23.4 Å². The zero-order chi connectivity index (χ0) is 15.4. The highest BCUT2D eigenvalue weighted by Gasteiger charge is 2.11. The molecule has 0 saturated heterocycles. The Morgan fingerprint density at radius 1 is 1.36 bits per heavy atom. The number of hydrogen-bond donors (Lipinski definition) is 1. The number of nitrogens with zero attached hydrogens (tertiary/aromatic N) is 6. The molecule has 22 heavy (non-hydrogen) atoms. The minimum absolute atomic E-state index is 0.492. The molecule has 0 aliphatic carbocycles. The maximum Gasteiger partial charge on any atom is 0.224 e. The van der Waals surface area contributed by atoms with E-state index < -0.39 is 0 Å². The molecule has 1 N–H and O–H groups in total. The van der Waals surface area contributed by atoms with E-state index in [1.807, 2.05) is 11.6 Å². The fourth-order valence-corrected chi connectivity index (χ4v) is 2.37. The summed E-state index contributed by atoms with van der Waals surface area (Å²) in [5.74, 6) is 1.79. The van der Waals surface area contributed by atoms with Gasteiger partial charge in [-0.1, -0.05) is 13.3 Å². The van der Waals surface area contributed by atoms with Crippen LogP contribution in [0.15, 0.2) is 23.3 Å². The van der Waals surface area contributed by atoms with Gasteiger partial charge in [0.05, 0.1) is 12.5 Å². The molecule has 0 aromatic carbocycles. The van der Waals surface area contributed by atoms with Crippen molar-refractivity contribution in [2.75, 3.05) is 11.9 Å². The van der Waals surface area contributed by atoms with Crippen LogP contribution in [-0.4, -0.2) is 36.3 Å². The molecule has 0 aliphatic rings. The molecule has 0 amide bonds. The van der Waals surface area contributed by atoms with Crippen LogP contribution in [0.4, 0.5) is 5.95 Å². The second-order valence-corrected chi connectivity index (χ2v) is 5.28. The van der Waals surface area contributed by atoms with Crippen molar-refractivity contribution in [2.24, 2.45) is 13.0 Å². The van der Waals surface area contributed by atoms with Crippen molar-refractivity contribution in [1.82, 2.24) is 29.7 Å². The fraction of sp³-hybridized carbons (Fsp3) is 0.500. The summed E-state index contributed by atoms with van der Waals surface area (Å²) in [6, 6.07) is 0. The summed E-state index contributed by atoms with van der Waals surface area (Å²) in [4.78, 5) is 12.9. The predicted molar refractivity (Wildman–Crippen MR) is 81.2 cm³/mol. The molecule has 8 heteroatoms. The van der Waals surface area contributed by atoms with Crippen molar-refractivity contribution in [3.63, 3.8) is 0 Å². The van der Waals surface area contributed by atoms with Crippen LogP contribution in [0.25, 0.3) is 11.2 Å². The lowest BCUT2D eigenvalue weighted by Gasteiger charge is -2.12. The highest BCUT2D eigenvalue weighted by molar-refractivity contribution is 5.70. The van der Waals surface area contributed by atoms with Gasteiger partial charge in [-0.3, -0.25) is 0 Å². The summed E-state index contributed by atoms with van der Waals surface area (Å²) in [5.41, 5.74) is 1.63. The summed E-state index contributed by atoms with van der Waals surface area (Å²) >= 11 is 0. The molecule has 0 spiro atoms. The molecule has 0 radical (unpaired) electrons. The molecule has 8 nitrogen and oxygen atoms in total. The number of fused-ring (bicyclic) bond motifs is 1. The van der Waals surface area contributed by atoms with Crippen molar-refractivity contribution < 1.29 is 4.42 Å². The smallest absolute Gasteiger partial charge is 0.224 e. The van der Waals surface area contributed by atoms with Crippen molar-refractivity contribution in [2.45, 2.75) is 26.2 Å². The summed E-state index contributed by atoms with van der Waals surface area (Å²) in [5, 5.41) is 10.9. The summed E-state index contributed by atoms with van der Waals surface area (Å²) in [6.07, 6.45) is 7.75. The minimum Gasteiger partial charge on any atom is -0.428 e. The van der Waals surface area contributed by atoms with E-state index in [4.69, 9.17) is 4.42 Å². The van der Waals surface area contributed by atoms with Gasteiger partial charge in [0.1, 0.15) is 5.52 Å². The highest BCUT2D eigenvalue weighted by atomic mass is 16.4. The number of aromatic nitrogens is 6. The topological polar surface area (TPSA) is 94.6 Å². The van der Waals surface area contributed by atoms with Crippen LogP contribution in [-0.2, 0) is 13.5 Å². The molecule has 3 heterocycles. The van der Waals surface area contributed by atoms with Gasteiger partial charge in [0.2, 0.25) is 18.2 Å². The molecule has 0 aliphatic heterocycles. The number of imidazole rings is 1. The number of rotatable bonds is 7. The van der Waals surface area contributed by atoms with Gasteiger partial charge in [0.15, 0.2) is 5.65 Å². The molecule has 1 unspecified atom stereocenters. The van der Waals surface area contributed by atoms with Gasteiger partial charge < -0.3 is 14.3 Å². The lowest BCUT2D eigenvalue weighted by molar-refractivity contribution is 0.405. The number of anilines is 1. The Kier molecular flexibility index (Phi) is 4.27. The van der Waals surface area contributed by atoms with E-state index >= 15 is 0 Å². The van der Waals surface area contributed by atoms with Crippen LogP contribution in [0.1, 0.15) is 25.7 Å². The van der Waals surface area contributed by atoms with E-state index in [1.165, 1.54) is 6.39 Å². The molecule has 0 saturated carbocycles. The van der Waals surface area contributed by atoms with E-state index in [9.17, 15) is 0 Å². The average molecular weight is 301 g/mol. The molecule has 3 aromatic heterocycles. The van der Waals surface area contributed by atoms with Crippen molar-refractivity contribution in [1.29, 1.82) is 0 Å². The maximum absolute atomic E-state index is 5.20. The fourth-order valence-electron chi connectivity index (χ4n) is 2.37. The van der Waals surface area contributed by atoms with Gasteiger partial charge in [-0.2, -0.15) is 4.98 Å². The van der Waals surface area contributed by atoms with Crippen LogP contribution in [0, 0.1) is 5.92 Å². The molecule has 1 atom stereocenters. The van der Waals surface area contributed by atoms with Crippen molar-refractivity contribution >= 4 is 17.1 Å². The molecule has 116 valence electrons. The molecular weight excluding hydrogens is 282 g/mol. The zero-order valence-corrected chi connectivity index (χ0v) is 12.7. The summed E-state index contributed by atoms with van der Waals surface area (Å²) in [7, 11) is 1.93.